The summed E-state index contributed by atoms with van der Waals surface area (Å²) in [5, 5.41) is 0. The van der Waals surface area contributed by atoms with Gasteiger partial charge in [-0.3, -0.25) is 0 Å². The summed E-state index contributed by atoms with van der Waals surface area (Å²) in [5.74, 6) is 0. The Labute approximate surface area is 105 Å². The average molecular weight is 278 g/mol. The van der Waals surface area contributed by atoms with Gasteiger partial charge in [0.2, 0.25) is 0 Å². The molecular weight excluding hydrogens is 256 g/mol. The fourth-order valence-electron chi connectivity index (χ4n) is 1.47. The van der Waals surface area contributed by atoms with Crippen molar-refractivity contribution in [1.29, 1.82) is 0 Å². The van der Waals surface area contributed by atoms with Gasteiger partial charge in [-0.05, 0) is 19.6 Å². The standard InChI is InChI=1S/C10H22O5Si2/c1-16(2,3)15-17(4,13-7-9-5-11-9)14-8-10-6-12-10/h9-10H,5-8H2,1-4H3. The molecule has 0 aromatic rings. The van der Waals surface area contributed by atoms with E-state index in [-0.39, 0.29) is 12.2 Å². The van der Waals surface area contributed by atoms with Crippen molar-refractivity contribution in [2.75, 3.05) is 26.4 Å². The van der Waals surface area contributed by atoms with Crippen molar-refractivity contribution in [3.05, 3.63) is 0 Å². The van der Waals surface area contributed by atoms with E-state index in [4.69, 9.17) is 22.4 Å². The normalized spacial score (nSPS) is 31.1. The van der Waals surface area contributed by atoms with Crippen LogP contribution >= 0.6 is 0 Å². The molecule has 2 unspecified atom stereocenters. The van der Waals surface area contributed by atoms with Crippen LogP contribution in [0.3, 0.4) is 0 Å². The molecule has 0 saturated carbocycles. The van der Waals surface area contributed by atoms with E-state index in [1.807, 2.05) is 6.55 Å². The minimum absolute atomic E-state index is 0.243. The highest BCUT2D eigenvalue weighted by Gasteiger charge is 2.43. The lowest BCUT2D eigenvalue weighted by Gasteiger charge is -2.32. The molecule has 0 N–H and O–H groups in total. The first-order valence-corrected chi connectivity index (χ1v) is 11.7. The molecule has 2 saturated heterocycles. The first-order valence-electron chi connectivity index (χ1n) is 6.08. The molecule has 100 valence electrons. The topological polar surface area (TPSA) is 52.8 Å². The fraction of sp³-hybridized carbons (Fsp3) is 1.00. The molecule has 0 radical (unpaired) electrons. The third-order valence-corrected chi connectivity index (χ3v) is 7.67. The molecular formula is C10H22O5Si2. The lowest BCUT2D eigenvalue weighted by molar-refractivity contribution is 0.0945. The van der Waals surface area contributed by atoms with Gasteiger partial charge in [-0.15, -0.1) is 0 Å². The zero-order chi connectivity index (χ0) is 12.5. The van der Waals surface area contributed by atoms with Gasteiger partial charge >= 0.3 is 8.80 Å². The second-order valence-electron chi connectivity index (χ2n) is 5.61. The molecule has 7 heteroatoms. The van der Waals surface area contributed by atoms with Crippen LogP contribution in [-0.4, -0.2) is 55.8 Å². The molecule has 5 nitrogen and oxygen atoms in total. The Bertz CT molecular complexity index is 244. The van der Waals surface area contributed by atoms with Crippen LogP contribution in [0.25, 0.3) is 0 Å². The van der Waals surface area contributed by atoms with Crippen molar-refractivity contribution >= 4 is 17.1 Å². The Morgan fingerprint density at radius 1 is 0.941 bits per heavy atom. The van der Waals surface area contributed by atoms with Crippen LogP contribution < -0.4 is 0 Å². The molecule has 0 aromatic carbocycles. The average Bonchev–Trinajstić information content (AvgIpc) is 3.03. The van der Waals surface area contributed by atoms with Gasteiger partial charge in [0.15, 0.2) is 8.32 Å². The second kappa shape index (κ2) is 5.08. The van der Waals surface area contributed by atoms with Gasteiger partial charge in [0.1, 0.15) is 12.2 Å². The largest absolute Gasteiger partial charge is 0.487 e. The molecule has 2 heterocycles. The van der Waals surface area contributed by atoms with Crippen molar-refractivity contribution in [2.45, 2.75) is 38.4 Å². The maximum atomic E-state index is 6.10. The maximum Gasteiger partial charge on any atom is 0.487 e. The predicted molar refractivity (Wildman–Crippen MR) is 67.4 cm³/mol. The predicted octanol–water partition coefficient (Wildman–Crippen LogP) is 1.24. The Morgan fingerprint density at radius 3 is 1.65 bits per heavy atom. The van der Waals surface area contributed by atoms with Gasteiger partial charge in [-0.25, -0.2) is 0 Å². The first kappa shape index (κ1) is 13.7. The minimum Gasteiger partial charge on any atom is -0.416 e. The highest BCUT2D eigenvalue weighted by atomic mass is 28.5. The molecule has 0 amide bonds. The van der Waals surface area contributed by atoms with Crippen molar-refractivity contribution < 1.29 is 22.4 Å². The summed E-state index contributed by atoms with van der Waals surface area (Å²) in [6, 6.07) is 0. The highest BCUT2D eigenvalue weighted by molar-refractivity contribution is 6.79. The molecule has 2 aliphatic heterocycles. The van der Waals surface area contributed by atoms with E-state index in [1.54, 1.807) is 0 Å². The van der Waals surface area contributed by atoms with Crippen LogP contribution in [-0.2, 0) is 22.4 Å². The van der Waals surface area contributed by atoms with Crippen LogP contribution in [0.2, 0.25) is 26.2 Å². The third kappa shape index (κ3) is 5.60. The summed E-state index contributed by atoms with van der Waals surface area (Å²) < 4.78 is 28.1. The van der Waals surface area contributed by atoms with E-state index in [0.29, 0.717) is 13.2 Å². The summed E-state index contributed by atoms with van der Waals surface area (Å²) in [7, 11) is -4.19. The second-order valence-corrected chi connectivity index (χ2v) is 13.0. The Balaban J connectivity index is 1.82. The van der Waals surface area contributed by atoms with E-state index < -0.39 is 17.1 Å². The SMILES string of the molecule is C[Si](C)(C)O[Si](C)(OCC1CO1)OCC1CO1. The van der Waals surface area contributed by atoms with Gasteiger partial charge in [-0.1, -0.05) is 0 Å². The minimum atomic E-state index is -2.53. The van der Waals surface area contributed by atoms with Gasteiger partial charge in [0.05, 0.1) is 26.4 Å². The van der Waals surface area contributed by atoms with Gasteiger partial charge in [0.25, 0.3) is 0 Å². The van der Waals surface area contributed by atoms with Gasteiger partial charge < -0.3 is 22.4 Å². The summed E-state index contributed by atoms with van der Waals surface area (Å²) in [4.78, 5) is 0. The Hall–Kier alpha value is 0.234. The van der Waals surface area contributed by atoms with E-state index in [0.717, 1.165) is 13.2 Å². The fourth-order valence-corrected chi connectivity index (χ4v) is 7.46. The molecule has 0 aromatic heterocycles. The molecule has 0 aliphatic carbocycles. The number of epoxide rings is 2. The molecule has 0 spiro atoms. The first-order chi connectivity index (χ1) is 7.86. The van der Waals surface area contributed by atoms with Crippen LogP contribution in [0.4, 0.5) is 0 Å². The van der Waals surface area contributed by atoms with Crippen molar-refractivity contribution in [3.8, 4) is 0 Å². The molecule has 17 heavy (non-hydrogen) atoms. The molecule has 2 rings (SSSR count). The van der Waals surface area contributed by atoms with Gasteiger partial charge in [0, 0.05) is 6.55 Å². The maximum absolute atomic E-state index is 6.10. The number of hydrogen-bond acceptors (Lipinski definition) is 5. The summed E-state index contributed by atoms with van der Waals surface area (Å²) in [6.45, 7) is 11.2. The zero-order valence-electron chi connectivity index (χ0n) is 11.0. The monoisotopic (exact) mass is 278 g/mol. The van der Waals surface area contributed by atoms with Crippen molar-refractivity contribution in [2.24, 2.45) is 0 Å². The number of hydrogen-bond donors (Lipinski definition) is 0. The van der Waals surface area contributed by atoms with Crippen molar-refractivity contribution in [3.63, 3.8) is 0 Å². The summed E-state index contributed by atoms with van der Waals surface area (Å²) in [6.07, 6.45) is 0.487. The quantitative estimate of drug-likeness (QED) is 0.494. The van der Waals surface area contributed by atoms with Crippen LogP contribution in [0, 0.1) is 0 Å². The van der Waals surface area contributed by atoms with Crippen LogP contribution in [0.1, 0.15) is 0 Å². The van der Waals surface area contributed by atoms with E-state index in [9.17, 15) is 0 Å². The molecule has 2 atom stereocenters. The Morgan fingerprint density at radius 2 is 1.35 bits per heavy atom. The number of rotatable bonds is 8. The van der Waals surface area contributed by atoms with E-state index >= 15 is 0 Å². The molecule has 2 aliphatic rings. The Kier molecular flexibility index (Phi) is 4.08. The molecule has 0 bridgehead atoms. The van der Waals surface area contributed by atoms with Crippen molar-refractivity contribution in [1.82, 2.24) is 0 Å². The smallest absolute Gasteiger partial charge is 0.416 e. The zero-order valence-corrected chi connectivity index (χ0v) is 13.0. The van der Waals surface area contributed by atoms with Crippen LogP contribution in [0.5, 0.6) is 0 Å². The lowest BCUT2D eigenvalue weighted by atomic mass is 10.5. The summed E-state index contributed by atoms with van der Waals surface area (Å²) in [5.41, 5.74) is 0. The van der Waals surface area contributed by atoms with E-state index in [2.05, 4.69) is 19.6 Å². The van der Waals surface area contributed by atoms with Gasteiger partial charge in [-0.2, -0.15) is 0 Å². The van der Waals surface area contributed by atoms with E-state index in [1.165, 1.54) is 0 Å². The molecule has 2 fully saturated rings. The third-order valence-electron chi connectivity index (χ3n) is 2.36. The summed E-state index contributed by atoms with van der Waals surface area (Å²) >= 11 is 0. The highest BCUT2D eigenvalue weighted by Crippen LogP contribution is 2.21. The lowest BCUT2D eigenvalue weighted by Crippen LogP contribution is -2.51. The number of ether oxygens (including phenoxy) is 2. The van der Waals surface area contributed by atoms with Crippen LogP contribution in [0.15, 0.2) is 0 Å².